The molecule has 0 saturated carbocycles. The van der Waals surface area contributed by atoms with Gasteiger partial charge in [-0.25, -0.2) is 9.97 Å². The number of halogens is 1. The quantitative estimate of drug-likeness (QED) is 0.593. The van der Waals surface area contributed by atoms with Crippen molar-refractivity contribution in [2.75, 3.05) is 14.1 Å². The van der Waals surface area contributed by atoms with E-state index in [0.29, 0.717) is 31.7 Å². The molecule has 3 rings (SSSR count). The summed E-state index contributed by atoms with van der Waals surface area (Å²) in [6, 6.07) is 3.53. The van der Waals surface area contributed by atoms with Crippen LogP contribution in [0.4, 0.5) is 0 Å². The molecule has 3 aromatic rings. The lowest BCUT2D eigenvalue weighted by molar-refractivity contribution is -0.137. The number of carbonyl (C=O) groups is 2. The van der Waals surface area contributed by atoms with Crippen LogP contribution in [-0.4, -0.2) is 55.7 Å². The SMILES string of the molecule is Cc1ncc(-c2cc3c(I)nn(CC(=O)O)c3cc2C(=O)N(C)C)cn1. The summed E-state index contributed by atoms with van der Waals surface area (Å²) in [5.74, 6) is -0.554. The van der Waals surface area contributed by atoms with Gasteiger partial charge in [0.2, 0.25) is 0 Å². The van der Waals surface area contributed by atoms with Gasteiger partial charge in [0, 0.05) is 43.0 Å². The van der Waals surface area contributed by atoms with Gasteiger partial charge in [0.15, 0.2) is 0 Å². The van der Waals surface area contributed by atoms with Crippen LogP contribution in [0.5, 0.6) is 0 Å². The number of hydrogen-bond donors (Lipinski definition) is 1. The lowest BCUT2D eigenvalue weighted by atomic mass is 9.99. The van der Waals surface area contributed by atoms with Crippen molar-refractivity contribution in [3.63, 3.8) is 0 Å². The van der Waals surface area contributed by atoms with E-state index in [4.69, 9.17) is 5.11 Å². The molecule has 26 heavy (non-hydrogen) atoms. The Kier molecular flexibility index (Phi) is 4.90. The topological polar surface area (TPSA) is 101 Å². The Bertz CT molecular complexity index is 1010. The average Bonchev–Trinajstić information content (AvgIpc) is 2.88. The first-order valence-electron chi connectivity index (χ1n) is 7.70. The second-order valence-electron chi connectivity index (χ2n) is 5.98. The summed E-state index contributed by atoms with van der Waals surface area (Å²) in [6.45, 7) is 1.51. The van der Waals surface area contributed by atoms with Gasteiger partial charge >= 0.3 is 5.97 Å². The second-order valence-corrected chi connectivity index (χ2v) is 7.00. The summed E-state index contributed by atoms with van der Waals surface area (Å²) in [6.07, 6.45) is 3.34. The molecular formula is C17H16IN5O3. The molecule has 0 radical (unpaired) electrons. The summed E-state index contributed by atoms with van der Waals surface area (Å²) in [7, 11) is 3.33. The minimum absolute atomic E-state index is 0.194. The van der Waals surface area contributed by atoms with Crippen molar-refractivity contribution >= 4 is 45.4 Å². The maximum Gasteiger partial charge on any atom is 0.325 e. The first-order valence-corrected chi connectivity index (χ1v) is 8.78. The predicted molar refractivity (Wildman–Crippen MR) is 104 cm³/mol. The van der Waals surface area contributed by atoms with E-state index in [1.165, 1.54) is 9.58 Å². The van der Waals surface area contributed by atoms with E-state index in [1.807, 2.05) is 6.07 Å². The molecule has 0 fully saturated rings. The summed E-state index contributed by atoms with van der Waals surface area (Å²) in [5, 5.41) is 14.2. The Morgan fingerprint density at radius 3 is 2.46 bits per heavy atom. The van der Waals surface area contributed by atoms with Crippen molar-refractivity contribution in [1.29, 1.82) is 0 Å². The van der Waals surface area contributed by atoms with Gasteiger partial charge in [-0.2, -0.15) is 5.10 Å². The van der Waals surface area contributed by atoms with Crippen LogP contribution in [0.1, 0.15) is 16.2 Å². The first-order chi connectivity index (χ1) is 12.3. The highest BCUT2D eigenvalue weighted by atomic mass is 127. The molecule has 1 N–H and O–H groups in total. The van der Waals surface area contributed by atoms with Gasteiger partial charge in [0.25, 0.3) is 5.91 Å². The Labute approximate surface area is 163 Å². The van der Waals surface area contributed by atoms with Gasteiger partial charge in [0.05, 0.1) is 5.52 Å². The number of carboxylic acid groups (broad SMARTS) is 1. The highest BCUT2D eigenvalue weighted by Gasteiger charge is 2.20. The maximum atomic E-state index is 12.7. The molecule has 0 spiro atoms. The largest absolute Gasteiger partial charge is 0.480 e. The van der Waals surface area contributed by atoms with Crippen molar-refractivity contribution in [1.82, 2.24) is 24.6 Å². The number of carbonyl (C=O) groups excluding carboxylic acids is 1. The van der Waals surface area contributed by atoms with Crippen molar-refractivity contribution < 1.29 is 14.7 Å². The third-order valence-electron chi connectivity index (χ3n) is 3.86. The molecule has 9 heteroatoms. The molecule has 2 heterocycles. The lowest BCUT2D eigenvalue weighted by Crippen LogP contribution is -2.22. The number of aromatic nitrogens is 4. The molecule has 0 aliphatic rings. The van der Waals surface area contributed by atoms with Gasteiger partial charge in [-0.3, -0.25) is 14.3 Å². The summed E-state index contributed by atoms with van der Waals surface area (Å²) in [5.41, 5.74) is 2.44. The molecule has 0 saturated heterocycles. The van der Waals surface area contributed by atoms with E-state index in [1.54, 1.807) is 39.5 Å². The third kappa shape index (κ3) is 3.39. The fraction of sp³-hybridized carbons (Fsp3) is 0.235. The molecular weight excluding hydrogens is 449 g/mol. The Morgan fingerprint density at radius 1 is 1.23 bits per heavy atom. The van der Waals surface area contributed by atoms with Crippen LogP contribution in [0, 0.1) is 10.6 Å². The molecule has 2 aromatic heterocycles. The monoisotopic (exact) mass is 465 g/mol. The Hall–Kier alpha value is -2.56. The molecule has 134 valence electrons. The normalized spacial score (nSPS) is 10.9. The smallest absolute Gasteiger partial charge is 0.325 e. The standard InChI is InChI=1S/C17H16IN5O3/c1-9-19-6-10(7-20-9)11-4-13-14(5-12(11)17(26)22(2)3)23(8-15(24)25)21-16(13)18/h4-7H,8H2,1-3H3,(H,24,25). The van der Waals surface area contributed by atoms with E-state index in [9.17, 15) is 9.59 Å². The zero-order valence-electron chi connectivity index (χ0n) is 14.4. The van der Waals surface area contributed by atoms with E-state index >= 15 is 0 Å². The lowest BCUT2D eigenvalue weighted by Gasteiger charge is -2.15. The molecule has 1 amide bonds. The predicted octanol–water partition coefficient (Wildman–Crippen LogP) is 2.19. The minimum Gasteiger partial charge on any atom is -0.480 e. The van der Waals surface area contributed by atoms with E-state index in [-0.39, 0.29) is 12.5 Å². The average molecular weight is 465 g/mol. The zero-order chi connectivity index (χ0) is 19.0. The van der Waals surface area contributed by atoms with Gasteiger partial charge in [0.1, 0.15) is 16.1 Å². The number of aryl methyl sites for hydroxylation is 1. The number of nitrogens with zero attached hydrogens (tertiary/aromatic N) is 5. The second kappa shape index (κ2) is 6.98. The van der Waals surface area contributed by atoms with Gasteiger partial charge in [-0.1, -0.05) is 0 Å². The number of rotatable bonds is 4. The fourth-order valence-corrected chi connectivity index (χ4v) is 3.31. The summed E-state index contributed by atoms with van der Waals surface area (Å²) in [4.78, 5) is 33.7. The molecule has 0 unspecified atom stereocenters. The van der Waals surface area contributed by atoms with Crippen LogP contribution in [0.2, 0.25) is 0 Å². The van der Waals surface area contributed by atoms with Gasteiger partial charge in [-0.15, -0.1) is 0 Å². The molecule has 0 atom stereocenters. The summed E-state index contributed by atoms with van der Waals surface area (Å²) < 4.78 is 2.05. The molecule has 0 bridgehead atoms. The summed E-state index contributed by atoms with van der Waals surface area (Å²) >= 11 is 2.06. The molecule has 0 aliphatic carbocycles. The fourth-order valence-electron chi connectivity index (χ4n) is 2.62. The third-order valence-corrected chi connectivity index (χ3v) is 4.66. The number of hydrogen-bond acceptors (Lipinski definition) is 5. The highest BCUT2D eigenvalue weighted by molar-refractivity contribution is 14.1. The van der Waals surface area contributed by atoms with Crippen molar-refractivity contribution in [2.24, 2.45) is 0 Å². The maximum absolute atomic E-state index is 12.7. The van der Waals surface area contributed by atoms with E-state index in [0.717, 1.165) is 5.39 Å². The minimum atomic E-state index is -0.998. The van der Waals surface area contributed by atoms with E-state index < -0.39 is 5.97 Å². The highest BCUT2D eigenvalue weighted by Crippen LogP contribution is 2.31. The van der Waals surface area contributed by atoms with Crippen LogP contribution >= 0.6 is 22.6 Å². The Morgan fingerprint density at radius 2 is 1.88 bits per heavy atom. The molecule has 1 aromatic carbocycles. The van der Waals surface area contributed by atoms with Gasteiger partial charge in [-0.05, 0) is 47.2 Å². The number of benzene rings is 1. The van der Waals surface area contributed by atoms with Crippen LogP contribution in [0.25, 0.3) is 22.0 Å². The van der Waals surface area contributed by atoms with Gasteiger partial charge < -0.3 is 10.0 Å². The molecule has 0 aliphatic heterocycles. The Balaban J connectivity index is 2.30. The number of carboxylic acids is 1. The number of aliphatic carboxylic acids is 1. The van der Waals surface area contributed by atoms with Crippen molar-refractivity contribution in [3.8, 4) is 11.1 Å². The van der Waals surface area contributed by atoms with Crippen LogP contribution < -0.4 is 0 Å². The van der Waals surface area contributed by atoms with Crippen LogP contribution in [0.3, 0.4) is 0 Å². The van der Waals surface area contributed by atoms with Crippen molar-refractivity contribution in [3.05, 3.63) is 39.6 Å². The first kappa shape index (κ1) is 18.2. The number of amides is 1. The van der Waals surface area contributed by atoms with Crippen molar-refractivity contribution in [2.45, 2.75) is 13.5 Å². The number of fused-ring (bicyclic) bond motifs is 1. The van der Waals surface area contributed by atoms with E-state index in [2.05, 4.69) is 37.7 Å². The molecule has 8 nitrogen and oxygen atoms in total. The van der Waals surface area contributed by atoms with Crippen LogP contribution in [0.15, 0.2) is 24.5 Å². The zero-order valence-corrected chi connectivity index (χ0v) is 16.6. The van der Waals surface area contributed by atoms with Crippen LogP contribution in [-0.2, 0) is 11.3 Å².